The second kappa shape index (κ2) is 8.62. The predicted molar refractivity (Wildman–Crippen MR) is 107 cm³/mol. The first-order valence-corrected chi connectivity index (χ1v) is 9.85. The Bertz CT molecular complexity index is 1110. The van der Waals surface area contributed by atoms with Crippen LogP contribution in [0.1, 0.15) is 24.4 Å². The number of fused-ring (bicyclic) bond motifs is 1. The Morgan fingerprint density at radius 2 is 1.90 bits per heavy atom. The largest absolute Gasteiger partial charge is 0.357 e. The van der Waals surface area contributed by atoms with Crippen LogP contribution in [0, 0.1) is 17.6 Å². The predicted octanol–water partition coefficient (Wildman–Crippen LogP) is 1.22. The van der Waals surface area contributed by atoms with Crippen LogP contribution in [0.25, 0.3) is 5.65 Å². The molecule has 3 aromatic rings. The number of piperidine rings is 1. The molecule has 2 amide bonds. The van der Waals surface area contributed by atoms with Gasteiger partial charge >= 0.3 is 0 Å². The molecular weight excluding hydrogens is 408 g/mol. The summed E-state index contributed by atoms with van der Waals surface area (Å²) < 4.78 is 28.5. The standard InChI is InChI=1S/C20H21F2N7O2/c1-23-20(31)18(13-2-3-14(21)15(22)10-13)25-19(30)12-6-8-28(9-7-12)17-5-4-16-26-24-11-29(16)27-17/h2-5,10-12,18H,6-9H2,1H3,(H,23,31)(H,25,30). The Morgan fingerprint density at radius 1 is 1.13 bits per heavy atom. The van der Waals surface area contributed by atoms with Crippen molar-refractivity contribution in [3.05, 3.63) is 53.9 Å². The fraction of sp³-hybridized carbons (Fsp3) is 0.350. The molecule has 0 spiro atoms. The highest BCUT2D eigenvalue weighted by Gasteiger charge is 2.30. The van der Waals surface area contributed by atoms with E-state index in [9.17, 15) is 18.4 Å². The van der Waals surface area contributed by atoms with Crippen LogP contribution in [-0.2, 0) is 9.59 Å². The summed E-state index contributed by atoms with van der Waals surface area (Å²) in [7, 11) is 1.42. The third kappa shape index (κ3) is 4.30. The molecule has 31 heavy (non-hydrogen) atoms. The molecule has 1 saturated heterocycles. The number of nitrogens with zero attached hydrogens (tertiary/aromatic N) is 5. The number of likely N-dealkylation sites (N-methyl/N-ethyl adjacent to an activating group) is 1. The normalized spacial score (nSPS) is 15.6. The Balaban J connectivity index is 1.41. The number of carbonyl (C=O) groups is 2. The molecule has 0 aliphatic carbocycles. The molecule has 1 aromatic carbocycles. The maximum atomic E-state index is 13.6. The van der Waals surface area contributed by atoms with Crippen molar-refractivity contribution in [1.82, 2.24) is 30.4 Å². The van der Waals surface area contributed by atoms with Crippen LogP contribution in [0.2, 0.25) is 0 Å². The second-order valence-electron chi connectivity index (χ2n) is 7.32. The van der Waals surface area contributed by atoms with Crippen molar-refractivity contribution in [1.29, 1.82) is 0 Å². The molecule has 2 aromatic heterocycles. The lowest BCUT2D eigenvalue weighted by Gasteiger charge is -2.32. The summed E-state index contributed by atoms with van der Waals surface area (Å²) in [5.41, 5.74) is 0.825. The molecule has 4 rings (SSSR count). The molecule has 1 fully saturated rings. The van der Waals surface area contributed by atoms with Gasteiger partial charge in [0.15, 0.2) is 17.3 Å². The first kappa shape index (κ1) is 20.6. The van der Waals surface area contributed by atoms with Gasteiger partial charge in [0.2, 0.25) is 11.8 Å². The van der Waals surface area contributed by atoms with E-state index in [4.69, 9.17) is 0 Å². The maximum Gasteiger partial charge on any atom is 0.246 e. The lowest BCUT2D eigenvalue weighted by molar-refractivity contribution is -0.131. The number of hydrogen-bond donors (Lipinski definition) is 2. The minimum atomic E-state index is -1.11. The Hall–Kier alpha value is -3.63. The Labute approximate surface area is 176 Å². The highest BCUT2D eigenvalue weighted by molar-refractivity contribution is 5.89. The molecule has 0 bridgehead atoms. The molecule has 1 unspecified atom stereocenters. The molecule has 3 heterocycles. The lowest BCUT2D eigenvalue weighted by atomic mass is 9.95. The van der Waals surface area contributed by atoms with E-state index in [2.05, 4.69) is 30.8 Å². The van der Waals surface area contributed by atoms with Crippen LogP contribution in [-0.4, -0.2) is 51.8 Å². The molecule has 9 nitrogen and oxygen atoms in total. The van der Waals surface area contributed by atoms with Crippen molar-refractivity contribution in [3.8, 4) is 0 Å². The minimum absolute atomic E-state index is 0.176. The van der Waals surface area contributed by atoms with Gasteiger partial charge in [0.1, 0.15) is 18.2 Å². The zero-order valence-corrected chi connectivity index (χ0v) is 16.8. The van der Waals surface area contributed by atoms with Crippen LogP contribution in [0.15, 0.2) is 36.7 Å². The van der Waals surface area contributed by atoms with Gasteiger partial charge < -0.3 is 15.5 Å². The van der Waals surface area contributed by atoms with Crippen LogP contribution >= 0.6 is 0 Å². The average molecular weight is 429 g/mol. The van der Waals surface area contributed by atoms with Crippen LogP contribution in [0.3, 0.4) is 0 Å². The van der Waals surface area contributed by atoms with Gasteiger partial charge in [-0.2, -0.15) is 4.52 Å². The SMILES string of the molecule is CNC(=O)C(NC(=O)C1CCN(c2ccc3nncn3n2)CC1)c1ccc(F)c(F)c1. The quantitative estimate of drug-likeness (QED) is 0.632. The summed E-state index contributed by atoms with van der Waals surface area (Å²) in [6.45, 7) is 1.21. The number of anilines is 1. The molecule has 2 N–H and O–H groups in total. The molecule has 162 valence electrons. The van der Waals surface area contributed by atoms with Crippen LogP contribution < -0.4 is 15.5 Å². The monoisotopic (exact) mass is 429 g/mol. The van der Waals surface area contributed by atoms with Gasteiger partial charge in [-0.3, -0.25) is 9.59 Å². The summed E-state index contributed by atoms with van der Waals surface area (Å²) >= 11 is 0. The van der Waals surface area contributed by atoms with Crippen molar-refractivity contribution in [2.45, 2.75) is 18.9 Å². The molecule has 11 heteroatoms. The number of amides is 2. The molecule has 1 aliphatic rings. The minimum Gasteiger partial charge on any atom is -0.357 e. The number of carbonyl (C=O) groups excluding carboxylic acids is 2. The van der Waals surface area contributed by atoms with E-state index in [1.165, 1.54) is 19.4 Å². The third-order valence-electron chi connectivity index (χ3n) is 5.41. The number of rotatable bonds is 5. The van der Waals surface area contributed by atoms with Gasteiger partial charge in [-0.15, -0.1) is 15.3 Å². The number of benzene rings is 1. The summed E-state index contributed by atoms with van der Waals surface area (Å²) in [6.07, 6.45) is 2.65. The molecule has 1 atom stereocenters. The van der Waals surface area contributed by atoms with Gasteiger partial charge in [-0.1, -0.05) is 6.07 Å². The van der Waals surface area contributed by atoms with E-state index in [1.807, 2.05) is 12.1 Å². The summed E-state index contributed by atoms with van der Waals surface area (Å²) in [5, 5.41) is 17.3. The van der Waals surface area contributed by atoms with Crippen molar-refractivity contribution < 1.29 is 18.4 Å². The lowest BCUT2D eigenvalue weighted by Crippen LogP contribution is -2.45. The van der Waals surface area contributed by atoms with Gasteiger partial charge in [-0.05, 0) is 42.7 Å². The van der Waals surface area contributed by atoms with Gasteiger partial charge in [-0.25, -0.2) is 8.78 Å². The van der Waals surface area contributed by atoms with Crippen molar-refractivity contribution in [2.24, 2.45) is 5.92 Å². The number of nitrogens with one attached hydrogen (secondary N) is 2. The highest BCUT2D eigenvalue weighted by atomic mass is 19.2. The number of hydrogen-bond acceptors (Lipinski definition) is 6. The molecule has 0 radical (unpaired) electrons. The van der Waals surface area contributed by atoms with Gasteiger partial charge in [0, 0.05) is 26.1 Å². The fourth-order valence-electron chi connectivity index (χ4n) is 3.65. The van der Waals surface area contributed by atoms with E-state index >= 15 is 0 Å². The molecule has 0 saturated carbocycles. The van der Waals surface area contributed by atoms with E-state index in [-0.39, 0.29) is 17.4 Å². The zero-order valence-electron chi connectivity index (χ0n) is 16.8. The number of halogens is 2. The average Bonchev–Trinajstić information content (AvgIpc) is 3.27. The first-order valence-electron chi connectivity index (χ1n) is 9.85. The summed E-state index contributed by atoms with van der Waals surface area (Å²) in [4.78, 5) is 27.2. The summed E-state index contributed by atoms with van der Waals surface area (Å²) in [5.74, 6) is -2.46. The van der Waals surface area contributed by atoms with Crippen molar-refractivity contribution in [3.63, 3.8) is 0 Å². The Morgan fingerprint density at radius 3 is 2.61 bits per heavy atom. The number of aromatic nitrogens is 4. The van der Waals surface area contributed by atoms with Crippen LogP contribution in [0.5, 0.6) is 0 Å². The Kier molecular flexibility index (Phi) is 5.74. The van der Waals surface area contributed by atoms with E-state index in [0.29, 0.717) is 31.6 Å². The molecule has 1 aliphatic heterocycles. The maximum absolute atomic E-state index is 13.6. The smallest absolute Gasteiger partial charge is 0.246 e. The van der Waals surface area contributed by atoms with E-state index < -0.39 is 23.6 Å². The topological polar surface area (TPSA) is 105 Å². The second-order valence-corrected chi connectivity index (χ2v) is 7.32. The highest BCUT2D eigenvalue weighted by Crippen LogP contribution is 2.24. The van der Waals surface area contributed by atoms with Gasteiger partial charge in [0.05, 0.1) is 0 Å². The van der Waals surface area contributed by atoms with Gasteiger partial charge in [0.25, 0.3) is 0 Å². The van der Waals surface area contributed by atoms with Crippen LogP contribution in [0.4, 0.5) is 14.6 Å². The fourth-order valence-corrected chi connectivity index (χ4v) is 3.65. The van der Waals surface area contributed by atoms with Crippen molar-refractivity contribution >= 4 is 23.3 Å². The van der Waals surface area contributed by atoms with Crippen molar-refractivity contribution in [2.75, 3.05) is 25.0 Å². The first-order chi connectivity index (χ1) is 15.0. The zero-order chi connectivity index (χ0) is 22.0. The van der Waals surface area contributed by atoms with E-state index in [1.54, 1.807) is 4.52 Å². The molecular formula is C20H21F2N7O2. The third-order valence-corrected chi connectivity index (χ3v) is 5.41. The summed E-state index contributed by atoms with van der Waals surface area (Å²) in [6, 6.07) is 5.71. The van der Waals surface area contributed by atoms with E-state index in [0.717, 1.165) is 18.0 Å².